The normalized spacial score (nSPS) is 19.4. The second-order valence-electron chi connectivity index (χ2n) is 9.48. The van der Waals surface area contributed by atoms with Crippen molar-refractivity contribution in [2.75, 3.05) is 29.9 Å². The maximum atomic E-state index is 6.21. The zero-order chi connectivity index (χ0) is 25.9. The summed E-state index contributed by atoms with van der Waals surface area (Å²) in [6, 6.07) is 10.5. The summed E-state index contributed by atoms with van der Waals surface area (Å²) in [5, 5.41) is 3.86. The lowest BCUT2D eigenvalue weighted by Gasteiger charge is -2.43. The zero-order valence-corrected chi connectivity index (χ0v) is 22.9. The van der Waals surface area contributed by atoms with Gasteiger partial charge in [-0.15, -0.1) is 0 Å². The molecule has 2 atom stereocenters. The monoisotopic (exact) mass is 537 g/mol. The minimum absolute atomic E-state index is 0.390. The van der Waals surface area contributed by atoms with Crippen molar-refractivity contribution < 1.29 is 4.74 Å². The summed E-state index contributed by atoms with van der Waals surface area (Å²) >= 11 is 7.75. The highest BCUT2D eigenvalue weighted by Gasteiger charge is 2.33. The molecule has 37 heavy (non-hydrogen) atoms. The van der Waals surface area contributed by atoms with E-state index in [9.17, 15) is 0 Å². The number of ether oxygens (including phenoxy) is 1. The number of pyridine rings is 1. The molecular formula is C27H32ClN7OS. The number of benzene rings is 1. The first-order chi connectivity index (χ1) is 17.9. The van der Waals surface area contributed by atoms with E-state index in [1.807, 2.05) is 36.8 Å². The van der Waals surface area contributed by atoms with Crippen molar-refractivity contribution in [3.63, 3.8) is 0 Å². The van der Waals surface area contributed by atoms with Crippen LogP contribution in [0.2, 0.25) is 5.02 Å². The molecule has 0 amide bonds. The van der Waals surface area contributed by atoms with Crippen molar-refractivity contribution >= 4 is 46.7 Å². The fourth-order valence-electron chi connectivity index (χ4n) is 5.19. The van der Waals surface area contributed by atoms with E-state index in [4.69, 9.17) is 21.3 Å². The van der Waals surface area contributed by atoms with Gasteiger partial charge in [-0.2, -0.15) is 0 Å². The van der Waals surface area contributed by atoms with E-state index in [1.54, 1.807) is 13.2 Å². The summed E-state index contributed by atoms with van der Waals surface area (Å²) in [5.74, 6) is 2.11. The number of likely N-dealkylation sites (tertiary alicyclic amines) is 1. The molecule has 8 nitrogen and oxygen atoms in total. The van der Waals surface area contributed by atoms with Gasteiger partial charge in [0.1, 0.15) is 11.6 Å². The van der Waals surface area contributed by atoms with Gasteiger partial charge in [0.25, 0.3) is 0 Å². The second-order valence-corrected chi connectivity index (χ2v) is 10.5. The van der Waals surface area contributed by atoms with Crippen molar-refractivity contribution in [1.82, 2.24) is 24.8 Å². The Hall–Kier alpha value is -3.01. The van der Waals surface area contributed by atoms with E-state index in [2.05, 4.69) is 49.4 Å². The van der Waals surface area contributed by atoms with Crippen molar-refractivity contribution in [2.45, 2.75) is 44.9 Å². The number of hydrogen-bond donors (Lipinski definition) is 2. The molecule has 0 bridgehead atoms. The van der Waals surface area contributed by atoms with E-state index in [0.717, 1.165) is 60.9 Å². The maximum Gasteiger partial charge on any atom is 0.227 e. The lowest BCUT2D eigenvalue weighted by molar-refractivity contribution is 0.102. The second kappa shape index (κ2) is 11.2. The highest BCUT2D eigenvalue weighted by Crippen LogP contribution is 2.33. The predicted octanol–water partition coefficient (Wildman–Crippen LogP) is 5.81. The van der Waals surface area contributed by atoms with E-state index in [1.165, 1.54) is 17.5 Å². The number of piperidine rings is 1. The number of nitrogens with one attached hydrogen (secondary N) is 2. The minimum Gasteiger partial charge on any atom is -0.497 e. The first-order valence-corrected chi connectivity index (χ1v) is 13.9. The molecule has 0 unspecified atom stereocenters. The number of anilines is 3. The molecule has 0 spiro atoms. The van der Waals surface area contributed by atoms with Crippen LogP contribution in [0.5, 0.6) is 5.75 Å². The van der Waals surface area contributed by atoms with Crippen LogP contribution in [0.25, 0.3) is 5.70 Å². The number of aromatic nitrogens is 3. The standard InChI is InChI=1S/C27H32ClN7OS/c1-17-9-23(6-8-35(17)18(2)19-5-7-29-26(10-19)33-37-4)34-15-20-14-30-27(32-25(20)16-34)31-22-11-21(28)12-24(13-22)36-3/h5,7,10-14,17,23H,2,6,8-9,15-16H2,1,3-4H3,(H,29,33)(H,30,31,32)/t17-,23-/m1/s1. The van der Waals surface area contributed by atoms with Gasteiger partial charge in [0.2, 0.25) is 5.95 Å². The van der Waals surface area contributed by atoms with Gasteiger partial charge < -0.3 is 19.7 Å². The van der Waals surface area contributed by atoms with Crippen molar-refractivity contribution in [3.8, 4) is 5.75 Å². The number of rotatable bonds is 8. The average Bonchev–Trinajstić information content (AvgIpc) is 3.32. The first kappa shape index (κ1) is 25.6. The van der Waals surface area contributed by atoms with E-state index in [-0.39, 0.29) is 0 Å². The molecule has 3 aromatic rings. The molecule has 5 rings (SSSR count). The Bertz CT molecular complexity index is 1290. The zero-order valence-electron chi connectivity index (χ0n) is 21.4. The summed E-state index contributed by atoms with van der Waals surface area (Å²) < 4.78 is 8.52. The molecule has 2 N–H and O–H groups in total. The Kier molecular flexibility index (Phi) is 7.73. The third-order valence-electron chi connectivity index (χ3n) is 7.05. The lowest BCUT2D eigenvalue weighted by atomic mass is 9.95. The quantitative estimate of drug-likeness (QED) is 0.346. The van der Waals surface area contributed by atoms with Crippen LogP contribution in [0.3, 0.4) is 0 Å². The molecule has 2 aliphatic rings. The fraction of sp³-hybridized carbons (Fsp3) is 0.370. The number of hydrogen-bond acceptors (Lipinski definition) is 9. The molecule has 1 fully saturated rings. The lowest BCUT2D eigenvalue weighted by Crippen LogP contribution is -2.46. The molecule has 1 saturated heterocycles. The average molecular weight is 538 g/mol. The predicted molar refractivity (Wildman–Crippen MR) is 152 cm³/mol. The summed E-state index contributed by atoms with van der Waals surface area (Å²) in [5.41, 5.74) is 5.24. The maximum absolute atomic E-state index is 6.21. The summed E-state index contributed by atoms with van der Waals surface area (Å²) in [7, 11) is 1.62. The Morgan fingerprint density at radius 1 is 1.22 bits per heavy atom. The Labute approximate surface area is 227 Å². The van der Waals surface area contributed by atoms with E-state index < -0.39 is 0 Å². The molecule has 0 aliphatic carbocycles. The molecule has 2 aromatic heterocycles. The van der Waals surface area contributed by atoms with Crippen LogP contribution >= 0.6 is 23.5 Å². The van der Waals surface area contributed by atoms with Crippen LogP contribution < -0.4 is 14.8 Å². The number of fused-ring (bicyclic) bond motifs is 1. The number of halogens is 1. The van der Waals surface area contributed by atoms with Crippen LogP contribution in [0.4, 0.5) is 17.5 Å². The SMILES string of the molecule is C=C(c1ccnc(NSC)c1)N1CC[C@@H](N2Cc3cnc(Nc4cc(Cl)cc(OC)c4)nc3C2)C[C@H]1C. The van der Waals surface area contributed by atoms with Crippen molar-refractivity contribution in [3.05, 3.63) is 71.1 Å². The van der Waals surface area contributed by atoms with Gasteiger partial charge in [-0.25, -0.2) is 15.0 Å². The van der Waals surface area contributed by atoms with Gasteiger partial charge in [0.05, 0.1) is 12.8 Å². The number of nitrogens with zero attached hydrogens (tertiary/aromatic N) is 5. The van der Waals surface area contributed by atoms with Crippen LogP contribution in [-0.4, -0.2) is 56.7 Å². The minimum atomic E-state index is 0.390. The van der Waals surface area contributed by atoms with E-state index >= 15 is 0 Å². The van der Waals surface area contributed by atoms with Gasteiger partial charge in [-0.3, -0.25) is 4.90 Å². The first-order valence-electron chi connectivity index (χ1n) is 12.3. The van der Waals surface area contributed by atoms with Gasteiger partial charge in [0, 0.05) is 84.0 Å². The molecule has 1 aromatic carbocycles. The topological polar surface area (TPSA) is 78.4 Å². The highest BCUT2D eigenvalue weighted by atomic mass is 35.5. The molecule has 0 saturated carbocycles. The molecule has 10 heteroatoms. The molecular weight excluding hydrogens is 506 g/mol. The third kappa shape index (κ3) is 5.79. The van der Waals surface area contributed by atoms with Crippen LogP contribution in [0, 0.1) is 0 Å². The summed E-state index contributed by atoms with van der Waals surface area (Å²) in [6.45, 7) is 9.41. The molecule has 194 valence electrons. The van der Waals surface area contributed by atoms with Crippen LogP contribution in [0.1, 0.15) is 36.6 Å². The van der Waals surface area contributed by atoms with E-state index in [0.29, 0.717) is 28.8 Å². The third-order valence-corrected chi connectivity index (χ3v) is 7.69. The molecule has 0 radical (unpaired) electrons. The Morgan fingerprint density at radius 2 is 2.08 bits per heavy atom. The van der Waals surface area contributed by atoms with Crippen LogP contribution in [0.15, 0.2) is 49.3 Å². The Morgan fingerprint density at radius 3 is 2.86 bits per heavy atom. The summed E-state index contributed by atoms with van der Waals surface area (Å²) in [4.78, 5) is 18.7. The van der Waals surface area contributed by atoms with Gasteiger partial charge in [-0.05, 0) is 44.0 Å². The fourth-order valence-corrected chi connectivity index (χ4v) is 5.74. The van der Waals surface area contributed by atoms with Gasteiger partial charge in [0.15, 0.2) is 0 Å². The van der Waals surface area contributed by atoms with Gasteiger partial charge in [-0.1, -0.05) is 30.1 Å². The highest BCUT2D eigenvalue weighted by molar-refractivity contribution is 7.99. The summed E-state index contributed by atoms with van der Waals surface area (Å²) in [6.07, 6.45) is 7.93. The van der Waals surface area contributed by atoms with Crippen molar-refractivity contribution in [2.24, 2.45) is 0 Å². The number of methoxy groups -OCH3 is 1. The smallest absolute Gasteiger partial charge is 0.227 e. The molecule has 4 heterocycles. The van der Waals surface area contributed by atoms with Crippen LogP contribution in [-0.2, 0) is 13.1 Å². The van der Waals surface area contributed by atoms with Crippen molar-refractivity contribution in [1.29, 1.82) is 0 Å². The van der Waals surface area contributed by atoms with Gasteiger partial charge >= 0.3 is 0 Å². The Balaban J connectivity index is 1.21. The molecule has 2 aliphatic heterocycles. The largest absolute Gasteiger partial charge is 0.497 e.